The number of hydrogen-bond acceptors (Lipinski definition) is 4. The lowest BCUT2D eigenvalue weighted by Gasteiger charge is -2.02. The minimum atomic E-state index is 0.264. The fourth-order valence-corrected chi connectivity index (χ4v) is 1.97. The fraction of sp³-hybridized carbons (Fsp3) is 0.143. The molecule has 3 rings (SSSR count). The minimum absolute atomic E-state index is 0.264. The topological polar surface area (TPSA) is 59.7 Å². The zero-order valence-corrected chi connectivity index (χ0v) is 10.4. The van der Waals surface area contributed by atoms with Crippen LogP contribution in [0.4, 0.5) is 0 Å². The van der Waals surface area contributed by atoms with Crippen LogP contribution in [0.3, 0.4) is 0 Å². The lowest BCUT2D eigenvalue weighted by molar-refractivity contribution is 0.414. The number of phenolic OH excluding ortho intramolecular Hbond substituents is 1. The largest absolute Gasteiger partial charge is 0.508 e. The van der Waals surface area contributed by atoms with Gasteiger partial charge in [0.05, 0.1) is 7.11 Å². The van der Waals surface area contributed by atoms with E-state index in [9.17, 15) is 5.11 Å². The van der Waals surface area contributed by atoms with Gasteiger partial charge in [0.25, 0.3) is 0 Å². The van der Waals surface area contributed by atoms with Gasteiger partial charge in [0.1, 0.15) is 17.3 Å². The number of rotatable bonds is 3. The van der Waals surface area contributed by atoms with Gasteiger partial charge in [-0.25, -0.2) is 0 Å². The molecular formula is C14H13N3O2. The molecule has 0 saturated heterocycles. The molecule has 0 amide bonds. The molecule has 0 radical (unpaired) electrons. The summed E-state index contributed by atoms with van der Waals surface area (Å²) in [7, 11) is 1.62. The lowest BCUT2D eigenvalue weighted by atomic mass is 10.1. The molecule has 0 bridgehead atoms. The molecule has 96 valence electrons. The van der Waals surface area contributed by atoms with Gasteiger partial charge in [-0.3, -0.25) is 4.40 Å². The SMILES string of the molecule is COc1ccn2c(Cc3ccc(O)cc3)nnc2c1. The molecule has 0 unspecified atom stereocenters. The average molecular weight is 255 g/mol. The molecule has 0 aliphatic heterocycles. The van der Waals surface area contributed by atoms with Crippen LogP contribution in [0.15, 0.2) is 42.6 Å². The highest BCUT2D eigenvalue weighted by Crippen LogP contribution is 2.16. The maximum Gasteiger partial charge on any atom is 0.164 e. The van der Waals surface area contributed by atoms with Gasteiger partial charge in [-0.15, -0.1) is 10.2 Å². The molecule has 5 nitrogen and oxygen atoms in total. The fourth-order valence-electron chi connectivity index (χ4n) is 1.97. The summed E-state index contributed by atoms with van der Waals surface area (Å²) in [5.74, 6) is 1.87. The normalized spacial score (nSPS) is 10.8. The molecule has 0 atom stereocenters. The Morgan fingerprint density at radius 2 is 1.95 bits per heavy atom. The van der Waals surface area contributed by atoms with Crippen molar-refractivity contribution >= 4 is 5.65 Å². The lowest BCUT2D eigenvalue weighted by Crippen LogP contribution is -1.96. The molecule has 0 saturated carbocycles. The number of ether oxygens (including phenoxy) is 1. The Morgan fingerprint density at radius 1 is 1.16 bits per heavy atom. The van der Waals surface area contributed by atoms with Crippen molar-refractivity contribution in [2.75, 3.05) is 7.11 Å². The number of nitrogens with zero attached hydrogens (tertiary/aromatic N) is 3. The summed E-state index contributed by atoms with van der Waals surface area (Å²) in [6.45, 7) is 0. The van der Waals surface area contributed by atoms with Crippen LogP contribution in [0.2, 0.25) is 0 Å². The zero-order chi connectivity index (χ0) is 13.2. The molecule has 1 N–H and O–H groups in total. The number of methoxy groups -OCH3 is 1. The second-order valence-electron chi connectivity index (χ2n) is 4.25. The third-order valence-corrected chi connectivity index (χ3v) is 2.99. The first-order valence-corrected chi connectivity index (χ1v) is 5.92. The van der Waals surface area contributed by atoms with E-state index in [0.29, 0.717) is 6.42 Å². The number of phenols is 1. The number of hydrogen-bond donors (Lipinski definition) is 1. The summed E-state index contributed by atoms with van der Waals surface area (Å²) in [5.41, 5.74) is 1.83. The molecule has 1 aromatic carbocycles. The first-order chi connectivity index (χ1) is 9.26. The van der Waals surface area contributed by atoms with E-state index >= 15 is 0 Å². The number of benzene rings is 1. The highest BCUT2D eigenvalue weighted by Gasteiger charge is 2.07. The number of fused-ring (bicyclic) bond motifs is 1. The van der Waals surface area contributed by atoms with E-state index in [1.807, 2.05) is 34.9 Å². The van der Waals surface area contributed by atoms with Gasteiger partial charge in [0, 0.05) is 18.7 Å². The molecule has 2 aromatic heterocycles. The van der Waals surface area contributed by atoms with Gasteiger partial charge in [-0.2, -0.15) is 0 Å². The van der Waals surface area contributed by atoms with Crippen molar-refractivity contribution in [3.63, 3.8) is 0 Å². The Labute approximate surface area is 110 Å². The maximum atomic E-state index is 9.27. The monoisotopic (exact) mass is 255 g/mol. The number of aromatic nitrogens is 3. The molecule has 3 aromatic rings. The third-order valence-electron chi connectivity index (χ3n) is 2.99. The van der Waals surface area contributed by atoms with Crippen LogP contribution in [0, 0.1) is 0 Å². The summed E-state index contributed by atoms with van der Waals surface area (Å²) in [6, 6.07) is 10.8. The van der Waals surface area contributed by atoms with Crippen LogP contribution >= 0.6 is 0 Å². The molecular weight excluding hydrogens is 242 g/mol. The van der Waals surface area contributed by atoms with Crippen LogP contribution < -0.4 is 4.74 Å². The predicted octanol–water partition coefficient (Wildman–Crippen LogP) is 2.03. The Balaban J connectivity index is 1.95. The van der Waals surface area contributed by atoms with Gasteiger partial charge in [-0.1, -0.05) is 12.1 Å². The second kappa shape index (κ2) is 4.61. The van der Waals surface area contributed by atoms with Crippen LogP contribution in [0.5, 0.6) is 11.5 Å². The predicted molar refractivity (Wildman–Crippen MR) is 70.5 cm³/mol. The van der Waals surface area contributed by atoms with E-state index < -0.39 is 0 Å². The van der Waals surface area contributed by atoms with Crippen molar-refractivity contribution in [3.05, 3.63) is 54.0 Å². The van der Waals surface area contributed by atoms with Gasteiger partial charge in [-0.05, 0) is 23.8 Å². The first kappa shape index (κ1) is 11.5. The van der Waals surface area contributed by atoms with E-state index in [-0.39, 0.29) is 5.75 Å². The Bertz CT molecular complexity index is 704. The van der Waals surface area contributed by atoms with Gasteiger partial charge < -0.3 is 9.84 Å². The van der Waals surface area contributed by atoms with Crippen LogP contribution in [0.25, 0.3) is 5.65 Å². The number of pyridine rings is 1. The van der Waals surface area contributed by atoms with E-state index in [1.54, 1.807) is 19.2 Å². The highest BCUT2D eigenvalue weighted by molar-refractivity contribution is 5.44. The summed E-state index contributed by atoms with van der Waals surface area (Å²) in [6.07, 6.45) is 2.55. The summed E-state index contributed by atoms with van der Waals surface area (Å²) in [5, 5.41) is 17.6. The maximum absolute atomic E-state index is 9.27. The van der Waals surface area contributed by atoms with Gasteiger partial charge >= 0.3 is 0 Å². The molecule has 5 heteroatoms. The average Bonchev–Trinajstić information content (AvgIpc) is 2.83. The van der Waals surface area contributed by atoms with Gasteiger partial charge in [0.2, 0.25) is 0 Å². The summed E-state index contributed by atoms with van der Waals surface area (Å²) >= 11 is 0. The molecule has 2 heterocycles. The quantitative estimate of drug-likeness (QED) is 0.778. The van der Waals surface area contributed by atoms with Crippen molar-refractivity contribution in [2.45, 2.75) is 6.42 Å². The van der Waals surface area contributed by atoms with Crippen molar-refractivity contribution in [1.82, 2.24) is 14.6 Å². The van der Waals surface area contributed by atoms with E-state index in [4.69, 9.17) is 4.74 Å². The second-order valence-corrected chi connectivity index (χ2v) is 4.25. The highest BCUT2D eigenvalue weighted by atomic mass is 16.5. The number of aromatic hydroxyl groups is 1. The summed E-state index contributed by atoms with van der Waals surface area (Å²) in [4.78, 5) is 0. The van der Waals surface area contributed by atoms with Gasteiger partial charge in [0.15, 0.2) is 5.65 Å². The van der Waals surface area contributed by atoms with Crippen molar-refractivity contribution in [3.8, 4) is 11.5 Å². The van der Waals surface area contributed by atoms with Crippen molar-refractivity contribution in [2.24, 2.45) is 0 Å². The molecule has 0 aliphatic rings. The standard InChI is InChI=1S/C14H13N3O2/c1-19-12-6-7-17-13(15-16-14(17)9-12)8-10-2-4-11(18)5-3-10/h2-7,9,18H,8H2,1H3. The van der Waals surface area contributed by atoms with E-state index in [0.717, 1.165) is 22.8 Å². The molecule has 19 heavy (non-hydrogen) atoms. The summed E-state index contributed by atoms with van der Waals surface area (Å²) < 4.78 is 7.08. The van der Waals surface area contributed by atoms with E-state index in [1.165, 1.54) is 0 Å². The molecule has 0 spiro atoms. The minimum Gasteiger partial charge on any atom is -0.508 e. The zero-order valence-electron chi connectivity index (χ0n) is 10.4. The Kier molecular flexibility index (Phi) is 2.79. The van der Waals surface area contributed by atoms with Crippen LogP contribution in [0.1, 0.15) is 11.4 Å². The van der Waals surface area contributed by atoms with Crippen molar-refractivity contribution in [1.29, 1.82) is 0 Å². The molecule has 0 fully saturated rings. The third kappa shape index (κ3) is 2.22. The van der Waals surface area contributed by atoms with Crippen LogP contribution in [-0.2, 0) is 6.42 Å². The van der Waals surface area contributed by atoms with E-state index in [2.05, 4.69) is 10.2 Å². The Hall–Kier alpha value is -2.56. The molecule has 0 aliphatic carbocycles. The first-order valence-electron chi connectivity index (χ1n) is 5.92. The Morgan fingerprint density at radius 3 is 2.68 bits per heavy atom. The van der Waals surface area contributed by atoms with Crippen molar-refractivity contribution < 1.29 is 9.84 Å². The smallest absolute Gasteiger partial charge is 0.164 e. The van der Waals surface area contributed by atoms with Crippen LogP contribution in [-0.4, -0.2) is 26.8 Å².